The molecule has 1 unspecified atom stereocenters. The molecule has 0 spiro atoms. The first-order valence-electron chi connectivity index (χ1n) is 6.33. The van der Waals surface area contributed by atoms with Gasteiger partial charge in [-0.3, -0.25) is 9.69 Å². The summed E-state index contributed by atoms with van der Waals surface area (Å²) in [6, 6.07) is 7.92. The van der Waals surface area contributed by atoms with Gasteiger partial charge in [-0.1, -0.05) is 18.2 Å². The maximum Gasteiger partial charge on any atom is 0.326 e. The highest BCUT2D eigenvalue weighted by molar-refractivity contribution is 5.80. The van der Waals surface area contributed by atoms with E-state index in [2.05, 4.69) is 4.90 Å². The zero-order valence-corrected chi connectivity index (χ0v) is 11.4. The van der Waals surface area contributed by atoms with Crippen LogP contribution in [0.4, 0.5) is 0 Å². The third kappa shape index (κ3) is 3.24. The smallest absolute Gasteiger partial charge is 0.326 e. The molecule has 0 amide bonds. The average molecular weight is 264 g/mol. The van der Waals surface area contributed by atoms with Gasteiger partial charge in [0.05, 0.1) is 7.11 Å². The van der Waals surface area contributed by atoms with E-state index in [0.29, 0.717) is 13.2 Å². The highest BCUT2D eigenvalue weighted by Gasteiger charge is 2.32. The van der Waals surface area contributed by atoms with Crippen LogP contribution in [-0.2, 0) is 16.1 Å². The molecule has 2 rings (SSSR count). The van der Waals surface area contributed by atoms with Gasteiger partial charge in [0.1, 0.15) is 17.9 Å². The van der Waals surface area contributed by atoms with Gasteiger partial charge in [0.25, 0.3) is 0 Å². The molecular weight excluding hydrogens is 244 g/mol. The Bertz CT molecular complexity index is 460. The number of rotatable bonds is 3. The normalized spacial score (nSPS) is 18.7. The van der Waals surface area contributed by atoms with Crippen molar-refractivity contribution in [2.75, 3.05) is 26.8 Å². The second-order valence-corrected chi connectivity index (χ2v) is 5.08. The van der Waals surface area contributed by atoms with Gasteiger partial charge in [-0.2, -0.15) is 0 Å². The number of benzene rings is 1. The number of carbonyl (C=O) groups is 1. The van der Waals surface area contributed by atoms with E-state index in [0.717, 1.165) is 24.4 Å². The number of nitrogens with two attached hydrogens (primary N) is 1. The monoisotopic (exact) mass is 264 g/mol. The molecule has 0 fully saturated rings. The van der Waals surface area contributed by atoms with E-state index in [4.69, 9.17) is 15.2 Å². The van der Waals surface area contributed by atoms with Gasteiger partial charge in [-0.05, 0) is 13.0 Å². The minimum Gasteiger partial charge on any atom is -0.492 e. The molecule has 1 aromatic rings. The van der Waals surface area contributed by atoms with Crippen molar-refractivity contribution in [3.63, 3.8) is 0 Å². The Morgan fingerprint density at radius 1 is 1.53 bits per heavy atom. The molecule has 0 bridgehead atoms. The van der Waals surface area contributed by atoms with Crippen molar-refractivity contribution in [3.05, 3.63) is 29.8 Å². The molecule has 1 aromatic carbocycles. The second-order valence-electron chi connectivity index (χ2n) is 5.08. The summed E-state index contributed by atoms with van der Waals surface area (Å²) in [5, 5.41) is 0. The number of carbonyl (C=O) groups excluding carboxylic acids is 1. The van der Waals surface area contributed by atoms with Crippen molar-refractivity contribution in [2.24, 2.45) is 5.73 Å². The first-order chi connectivity index (χ1) is 9.03. The van der Waals surface area contributed by atoms with Crippen molar-refractivity contribution in [2.45, 2.75) is 19.0 Å². The molecule has 2 N–H and O–H groups in total. The number of hydrogen-bond acceptors (Lipinski definition) is 5. The van der Waals surface area contributed by atoms with Gasteiger partial charge >= 0.3 is 5.97 Å². The fraction of sp³-hybridized carbons (Fsp3) is 0.500. The largest absolute Gasteiger partial charge is 0.492 e. The summed E-state index contributed by atoms with van der Waals surface area (Å²) in [6.07, 6.45) is 0. The van der Waals surface area contributed by atoms with E-state index in [-0.39, 0.29) is 0 Å². The average Bonchev–Trinajstić information content (AvgIpc) is 2.58. The Morgan fingerprint density at radius 2 is 2.26 bits per heavy atom. The number of hydrogen-bond donors (Lipinski definition) is 1. The van der Waals surface area contributed by atoms with E-state index >= 15 is 0 Å². The topological polar surface area (TPSA) is 64.8 Å². The van der Waals surface area contributed by atoms with Gasteiger partial charge in [0.2, 0.25) is 0 Å². The quantitative estimate of drug-likeness (QED) is 0.817. The summed E-state index contributed by atoms with van der Waals surface area (Å²) in [5.41, 5.74) is 6.12. The predicted molar refractivity (Wildman–Crippen MR) is 71.8 cm³/mol. The van der Waals surface area contributed by atoms with Crippen LogP contribution in [0.5, 0.6) is 5.75 Å². The van der Waals surface area contributed by atoms with Crippen LogP contribution >= 0.6 is 0 Å². The lowest BCUT2D eigenvalue weighted by Crippen LogP contribution is -2.54. The molecule has 1 atom stereocenters. The standard InChI is InChI=1S/C14H20N2O3/c1-14(15,13(17)18-2)10-16-7-8-19-12-6-4-3-5-11(12)9-16/h3-6H,7-10,15H2,1-2H3. The van der Waals surface area contributed by atoms with Gasteiger partial charge in [-0.25, -0.2) is 0 Å². The van der Waals surface area contributed by atoms with Crippen LogP contribution in [0.25, 0.3) is 0 Å². The molecule has 0 saturated carbocycles. The lowest BCUT2D eigenvalue weighted by Gasteiger charge is -2.29. The number of methoxy groups -OCH3 is 1. The molecule has 0 saturated heterocycles. The molecule has 1 aliphatic rings. The number of fused-ring (bicyclic) bond motifs is 1. The zero-order chi connectivity index (χ0) is 13.9. The number of ether oxygens (including phenoxy) is 2. The molecular formula is C14H20N2O3. The van der Waals surface area contributed by atoms with E-state index in [1.807, 2.05) is 24.3 Å². The van der Waals surface area contributed by atoms with E-state index in [1.165, 1.54) is 7.11 Å². The fourth-order valence-electron chi connectivity index (χ4n) is 2.28. The molecule has 19 heavy (non-hydrogen) atoms. The van der Waals surface area contributed by atoms with Gasteiger partial charge in [-0.15, -0.1) is 0 Å². The van der Waals surface area contributed by atoms with Crippen molar-refractivity contribution in [1.29, 1.82) is 0 Å². The van der Waals surface area contributed by atoms with Crippen LogP contribution in [0.1, 0.15) is 12.5 Å². The summed E-state index contributed by atoms with van der Waals surface area (Å²) >= 11 is 0. The summed E-state index contributed by atoms with van der Waals surface area (Å²) < 4.78 is 10.4. The highest BCUT2D eigenvalue weighted by atomic mass is 16.5. The van der Waals surface area contributed by atoms with Crippen LogP contribution in [0, 0.1) is 0 Å². The molecule has 1 aliphatic heterocycles. The first kappa shape index (κ1) is 13.8. The van der Waals surface area contributed by atoms with Crippen LogP contribution < -0.4 is 10.5 Å². The number of nitrogens with zero attached hydrogens (tertiary/aromatic N) is 1. The van der Waals surface area contributed by atoms with Crippen molar-refractivity contribution >= 4 is 5.97 Å². The molecule has 1 heterocycles. The van der Waals surface area contributed by atoms with Gasteiger partial charge < -0.3 is 15.2 Å². The third-order valence-corrected chi connectivity index (χ3v) is 3.24. The summed E-state index contributed by atoms with van der Waals surface area (Å²) in [6.45, 7) is 4.18. The molecule has 5 nitrogen and oxygen atoms in total. The van der Waals surface area contributed by atoms with E-state index in [9.17, 15) is 4.79 Å². The Hall–Kier alpha value is -1.59. The van der Waals surface area contributed by atoms with Gasteiger partial charge in [0, 0.05) is 25.2 Å². The van der Waals surface area contributed by atoms with Crippen molar-refractivity contribution in [1.82, 2.24) is 4.90 Å². The van der Waals surface area contributed by atoms with E-state index < -0.39 is 11.5 Å². The minimum absolute atomic E-state index is 0.397. The Balaban J connectivity index is 2.09. The Labute approximate surface area is 113 Å². The molecule has 0 radical (unpaired) electrons. The van der Waals surface area contributed by atoms with Crippen molar-refractivity contribution < 1.29 is 14.3 Å². The van der Waals surface area contributed by atoms with Crippen LogP contribution in [0.3, 0.4) is 0 Å². The fourth-order valence-corrected chi connectivity index (χ4v) is 2.28. The first-order valence-corrected chi connectivity index (χ1v) is 6.33. The van der Waals surface area contributed by atoms with Crippen molar-refractivity contribution in [3.8, 4) is 5.75 Å². The SMILES string of the molecule is COC(=O)C(C)(N)CN1CCOc2ccccc2C1. The third-order valence-electron chi connectivity index (χ3n) is 3.24. The molecule has 104 valence electrons. The second kappa shape index (κ2) is 5.59. The van der Waals surface area contributed by atoms with Gasteiger partial charge in [0.15, 0.2) is 0 Å². The Kier molecular flexibility index (Phi) is 4.07. The predicted octanol–water partition coefficient (Wildman–Crippen LogP) is 0.771. The van der Waals surface area contributed by atoms with E-state index in [1.54, 1.807) is 6.92 Å². The molecule has 5 heteroatoms. The van der Waals surface area contributed by atoms with Crippen LogP contribution in [0.2, 0.25) is 0 Å². The Morgan fingerprint density at radius 3 is 3.00 bits per heavy atom. The summed E-state index contributed by atoms with van der Waals surface area (Å²) in [4.78, 5) is 13.7. The van der Waals surface area contributed by atoms with Crippen LogP contribution in [0.15, 0.2) is 24.3 Å². The van der Waals surface area contributed by atoms with Crippen LogP contribution in [-0.4, -0.2) is 43.2 Å². The molecule has 0 aliphatic carbocycles. The summed E-state index contributed by atoms with van der Waals surface area (Å²) in [7, 11) is 1.36. The zero-order valence-electron chi connectivity index (χ0n) is 11.4. The lowest BCUT2D eigenvalue weighted by atomic mass is 10.0. The maximum absolute atomic E-state index is 11.6. The number of para-hydroxylation sites is 1. The number of esters is 1. The lowest BCUT2D eigenvalue weighted by molar-refractivity contribution is -0.147. The maximum atomic E-state index is 11.6. The molecule has 0 aromatic heterocycles. The minimum atomic E-state index is -1.01. The highest BCUT2D eigenvalue weighted by Crippen LogP contribution is 2.23. The summed E-state index contributed by atoms with van der Waals surface area (Å²) in [5.74, 6) is 0.507.